The van der Waals surface area contributed by atoms with Gasteiger partial charge in [0.15, 0.2) is 0 Å². The van der Waals surface area contributed by atoms with Crippen LogP contribution < -0.4 is 11.1 Å². The highest BCUT2D eigenvalue weighted by Crippen LogP contribution is 2.35. The zero-order chi connectivity index (χ0) is 13.8. The topological polar surface area (TPSA) is 64.3 Å². The van der Waals surface area contributed by atoms with E-state index in [0.29, 0.717) is 17.3 Å². The van der Waals surface area contributed by atoms with Crippen LogP contribution in [-0.4, -0.2) is 19.1 Å². The molecule has 0 bridgehead atoms. The summed E-state index contributed by atoms with van der Waals surface area (Å²) in [6, 6.07) is 5.63. The molecule has 0 amide bonds. The van der Waals surface area contributed by atoms with Crippen molar-refractivity contribution in [3.05, 3.63) is 23.8 Å². The van der Waals surface area contributed by atoms with Gasteiger partial charge < -0.3 is 15.8 Å². The smallest absolute Gasteiger partial charge is 0.337 e. The lowest BCUT2D eigenvalue weighted by Crippen LogP contribution is -2.20. The number of hydrogen-bond donors (Lipinski definition) is 2. The summed E-state index contributed by atoms with van der Waals surface area (Å²) in [5.41, 5.74) is 7.99. The summed E-state index contributed by atoms with van der Waals surface area (Å²) >= 11 is 0. The third-order valence-electron chi connectivity index (χ3n) is 3.64. The van der Waals surface area contributed by atoms with Gasteiger partial charge in [0.1, 0.15) is 0 Å². The average Bonchev–Trinajstić information content (AvgIpc) is 3.23. The van der Waals surface area contributed by atoms with E-state index in [4.69, 9.17) is 10.5 Å². The molecule has 3 N–H and O–H groups in total. The summed E-state index contributed by atoms with van der Waals surface area (Å²) in [5.74, 6) is 0.528. The van der Waals surface area contributed by atoms with Crippen LogP contribution in [0.2, 0.25) is 0 Å². The molecule has 4 heteroatoms. The van der Waals surface area contributed by atoms with Crippen molar-refractivity contribution in [2.45, 2.75) is 38.6 Å². The highest BCUT2D eigenvalue weighted by molar-refractivity contribution is 5.91. The normalized spacial score (nSPS) is 15.9. The Labute approximate surface area is 114 Å². The zero-order valence-corrected chi connectivity index (χ0v) is 11.6. The van der Waals surface area contributed by atoms with Gasteiger partial charge in [-0.25, -0.2) is 4.79 Å². The molecule has 4 nitrogen and oxygen atoms in total. The van der Waals surface area contributed by atoms with Crippen LogP contribution >= 0.6 is 0 Å². The molecule has 1 saturated carbocycles. The number of benzene rings is 1. The minimum atomic E-state index is -0.335. The van der Waals surface area contributed by atoms with E-state index in [9.17, 15) is 4.79 Å². The SMILES string of the molecule is CCC(CC1CC1)Nc1cc(C(=O)OC)ccc1N. The molecule has 0 spiro atoms. The Balaban J connectivity index is 2.10. The summed E-state index contributed by atoms with van der Waals surface area (Å²) in [6.07, 6.45) is 4.92. The van der Waals surface area contributed by atoms with Crippen molar-refractivity contribution in [2.24, 2.45) is 5.92 Å². The number of nitrogen functional groups attached to an aromatic ring is 1. The minimum absolute atomic E-state index is 0.335. The summed E-state index contributed by atoms with van der Waals surface area (Å²) in [6.45, 7) is 2.17. The molecule has 0 saturated heterocycles. The van der Waals surface area contributed by atoms with E-state index in [1.54, 1.807) is 18.2 Å². The number of nitrogens with two attached hydrogens (primary N) is 1. The second-order valence-corrected chi connectivity index (χ2v) is 5.22. The Bertz CT molecular complexity index is 455. The van der Waals surface area contributed by atoms with Gasteiger partial charge >= 0.3 is 5.97 Å². The fourth-order valence-corrected chi connectivity index (χ4v) is 2.23. The minimum Gasteiger partial charge on any atom is -0.465 e. The van der Waals surface area contributed by atoms with Crippen molar-refractivity contribution in [3.63, 3.8) is 0 Å². The molecule has 0 radical (unpaired) electrons. The van der Waals surface area contributed by atoms with Gasteiger partial charge in [-0.15, -0.1) is 0 Å². The monoisotopic (exact) mass is 262 g/mol. The first-order valence-electron chi connectivity index (χ1n) is 6.88. The molecule has 1 aromatic carbocycles. The second-order valence-electron chi connectivity index (χ2n) is 5.22. The molecule has 1 aliphatic carbocycles. The van der Waals surface area contributed by atoms with Gasteiger partial charge in [-0.05, 0) is 37.0 Å². The Hall–Kier alpha value is -1.71. The Morgan fingerprint density at radius 2 is 2.26 bits per heavy atom. The zero-order valence-electron chi connectivity index (χ0n) is 11.6. The summed E-state index contributed by atoms with van der Waals surface area (Å²) in [5, 5.41) is 3.45. The van der Waals surface area contributed by atoms with E-state index < -0.39 is 0 Å². The molecule has 1 unspecified atom stereocenters. The number of hydrogen-bond acceptors (Lipinski definition) is 4. The Morgan fingerprint density at radius 1 is 1.53 bits per heavy atom. The maximum atomic E-state index is 11.5. The van der Waals surface area contributed by atoms with Crippen molar-refractivity contribution in [3.8, 4) is 0 Å². The molecule has 1 aliphatic rings. The predicted octanol–water partition coefficient (Wildman–Crippen LogP) is 3.05. The number of rotatable bonds is 6. The Kier molecular flexibility index (Phi) is 4.30. The number of anilines is 2. The van der Waals surface area contributed by atoms with Crippen LogP contribution in [-0.2, 0) is 4.74 Å². The predicted molar refractivity (Wildman–Crippen MR) is 77.2 cm³/mol. The number of esters is 1. The maximum Gasteiger partial charge on any atom is 0.337 e. The molecule has 2 rings (SSSR count). The first-order valence-corrected chi connectivity index (χ1v) is 6.88. The number of methoxy groups -OCH3 is 1. The van der Waals surface area contributed by atoms with Crippen LogP contribution in [0.4, 0.5) is 11.4 Å². The van der Waals surface area contributed by atoms with E-state index >= 15 is 0 Å². The lowest BCUT2D eigenvalue weighted by atomic mass is 10.1. The number of nitrogens with one attached hydrogen (secondary N) is 1. The van der Waals surface area contributed by atoms with E-state index in [0.717, 1.165) is 18.0 Å². The van der Waals surface area contributed by atoms with Crippen molar-refractivity contribution in [1.82, 2.24) is 0 Å². The fraction of sp³-hybridized carbons (Fsp3) is 0.533. The molecule has 0 aliphatic heterocycles. The van der Waals surface area contributed by atoms with Crippen LogP contribution in [0.1, 0.15) is 43.0 Å². The van der Waals surface area contributed by atoms with Crippen LogP contribution in [0.15, 0.2) is 18.2 Å². The summed E-state index contributed by atoms with van der Waals surface area (Å²) in [7, 11) is 1.38. The van der Waals surface area contributed by atoms with Crippen molar-refractivity contribution in [1.29, 1.82) is 0 Å². The maximum absolute atomic E-state index is 11.5. The fourth-order valence-electron chi connectivity index (χ4n) is 2.23. The molecule has 1 atom stereocenters. The van der Waals surface area contributed by atoms with E-state index in [-0.39, 0.29) is 5.97 Å². The highest BCUT2D eigenvalue weighted by atomic mass is 16.5. The first-order chi connectivity index (χ1) is 9.13. The first kappa shape index (κ1) is 13.7. The van der Waals surface area contributed by atoms with Crippen LogP contribution in [0.25, 0.3) is 0 Å². The molecule has 0 aromatic heterocycles. The van der Waals surface area contributed by atoms with Crippen molar-refractivity contribution >= 4 is 17.3 Å². The third kappa shape index (κ3) is 3.63. The van der Waals surface area contributed by atoms with Crippen LogP contribution in [0.3, 0.4) is 0 Å². The van der Waals surface area contributed by atoms with Gasteiger partial charge in [-0.1, -0.05) is 19.8 Å². The van der Waals surface area contributed by atoms with E-state index in [2.05, 4.69) is 12.2 Å². The quantitative estimate of drug-likeness (QED) is 0.611. The number of carbonyl (C=O) groups is 1. The molecule has 19 heavy (non-hydrogen) atoms. The highest BCUT2D eigenvalue weighted by Gasteiger charge is 2.25. The molecular formula is C15H22N2O2. The number of ether oxygens (including phenoxy) is 1. The molecule has 104 valence electrons. The van der Waals surface area contributed by atoms with E-state index in [1.807, 2.05) is 0 Å². The molecule has 1 aromatic rings. The van der Waals surface area contributed by atoms with Crippen LogP contribution in [0.5, 0.6) is 0 Å². The summed E-state index contributed by atoms with van der Waals surface area (Å²) < 4.78 is 4.73. The average molecular weight is 262 g/mol. The van der Waals surface area contributed by atoms with Gasteiger partial charge in [-0.2, -0.15) is 0 Å². The van der Waals surface area contributed by atoms with Gasteiger partial charge in [-0.3, -0.25) is 0 Å². The number of carbonyl (C=O) groups excluding carboxylic acids is 1. The van der Waals surface area contributed by atoms with E-state index in [1.165, 1.54) is 26.4 Å². The van der Waals surface area contributed by atoms with Crippen molar-refractivity contribution < 1.29 is 9.53 Å². The van der Waals surface area contributed by atoms with Gasteiger partial charge in [0.25, 0.3) is 0 Å². The standard InChI is InChI=1S/C15H22N2O2/c1-3-12(8-10-4-5-10)17-14-9-11(15(18)19-2)6-7-13(14)16/h6-7,9-10,12,17H,3-5,8,16H2,1-2H3. The Morgan fingerprint density at radius 3 is 2.84 bits per heavy atom. The lowest BCUT2D eigenvalue weighted by Gasteiger charge is -2.19. The van der Waals surface area contributed by atoms with Crippen LogP contribution in [0, 0.1) is 5.92 Å². The van der Waals surface area contributed by atoms with Gasteiger partial charge in [0.05, 0.1) is 24.0 Å². The third-order valence-corrected chi connectivity index (χ3v) is 3.64. The molecule has 1 fully saturated rings. The lowest BCUT2D eigenvalue weighted by molar-refractivity contribution is 0.0601. The van der Waals surface area contributed by atoms with Crippen molar-refractivity contribution in [2.75, 3.05) is 18.2 Å². The second kappa shape index (κ2) is 5.95. The van der Waals surface area contributed by atoms with Gasteiger partial charge in [0, 0.05) is 6.04 Å². The largest absolute Gasteiger partial charge is 0.465 e. The van der Waals surface area contributed by atoms with Gasteiger partial charge in [0.2, 0.25) is 0 Å². The summed E-state index contributed by atoms with van der Waals surface area (Å²) in [4.78, 5) is 11.5. The molecular weight excluding hydrogens is 240 g/mol. The molecule has 0 heterocycles.